The Morgan fingerprint density at radius 2 is 1.53 bits per heavy atom. The van der Waals surface area contributed by atoms with E-state index in [4.69, 9.17) is 0 Å². The van der Waals surface area contributed by atoms with Gasteiger partial charge >= 0.3 is 0 Å². The molecule has 1 nitrogen and oxygen atoms in total. The molecular formula is C14H31N. The summed E-state index contributed by atoms with van der Waals surface area (Å²) in [5.74, 6) is 2.53. The van der Waals surface area contributed by atoms with E-state index in [2.05, 4.69) is 46.6 Å². The first-order chi connectivity index (χ1) is 7.01. The Labute approximate surface area is 97.2 Å². The average molecular weight is 213 g/mol. The monoisotopic (exact) mass is 213 g/mol. The molecule has 0 aliphatic heterocycles. The Kier molecular flexibility index (Phi) is 8.13. The van der Waals surface area contributed by atoms with E-state index in [0.29, 0.717) is 0 Å². The minimum Gasteiger partial charge on any atom is -0.306 e. The lowest BCUT2D eigenvalue weighted by Gasteiger charge is -2.27. The quantitative estimate of drug-likeness (QED) is 0.588. The van der Waals surface area contributed by atoms with E-state index >= 15 is 0 Å². The largest absolute Gasteiger partial charge is 0.306 e. The zero-order chi connectivity index (χ0) is 11.8. The Morgan fingerprint density at radius 3 is 2.00 bits per heavy atom. The van der Waals surface area contributed by atoms with Crippen molar-refractivity contribution in [3.8, 4) is 0 Å². The van der Waals surface area contributed by atoms with Crippen molar-refractivity contribution in [3.05, 3.63) is 0 Å². The van der Waals surface area contributed by atoms with Gasteiger partial charge in [0.05, 0.1) is 0 Å². The highest BCUT2D eigenvalue weighted by atomic mass is 15.1. The third-order valence-electron chi connectivity index (χ3n) is 3.62. The van der Waals surface area contributed by atoms with Crippen LogP contribution in [-0.4, -0.2) is 25.0 Å². The molecule has 0 N–H and O–H groups in total. The van der Waals surface area contributed by atoms with E-state index in [1.54, 1.807) is 0 Å². The number of rotatable bonds is 8. The minimum atomic E-state index is 0.828. The van der Waals surface area contributed by atoms with Gasteiger partial charge in [-0.1, -0.05) is 47.5 Å². The van der Waals surface area contributed by atoms with Crippen LogP contribution in [0.2, 0.25) is 0 Å². The molecule has 3 unspecified atom stereocenters. The summed E-state index contributed by atoms with van der Waals surface area (Å²) in [4.78, 5) is 2.51. The Bertz CT molecular complexity index is 144. The maximum atomic E-state index is 2.51. The topological polar surface area (TPSA) is 3.24 Å². The van der Waals surface area contributed by atoms with E-state index in [1.165, 1.54) is 32.4 Å². The van der Waals surface area contributed by atoms with Crippen molar-refractivity contribution in [1.29, 1.82) is 0 Å². The highest BCUT2D eigenvalue weighted by Gasteiger charge is 2.13. The van der Waals surface area contributed by atoms with Gasteiger partial charge in [0.15, 0.2) is 0 Å². The van der Waals surface area contributed by atoms with Gasteiger partial charge < -0.3 is 4.90 Å². The van der Waals surface area contributed by atoms with Crippen molar-refractivity contribution in [2.75, 3.05) is 20.1 Å². The van der Waals surface area contributed by atoms with Crippen LogP contribution < -0.4 is 0 Å². The standard InChI is InChI=1S/C14H31N/c1-7-9-12(3)10-15(6)11-14(5)13(4)8-2/h12-14H,7-11H2,1-6H3. The lowest BCUT2D eigenvalue weighted by Crippen LogP contribution is -2.31. The Morgan fingerprint density at radius 1 is 0.933 bits per heavy atom. The Hall–Kier alpha value is -0.0400. The fourth-order valence-corrected chi connectivity index (χ4v) is 2.26. The maximum Gasteiger partial charge on any atom is 0.000662 e. The second-order valence-electron chi connectivity index (χ2n) is 5.48. The minimum absolute atomic E-state index is 0.828. The predicted molar refractivity (Wildman–Crippen MR) is 70.2 cm³/mol. The van der Waals surface area contributed by atoms with Gasteiger partial charge in [-0.2, -0.15) is 0 Å². The molecule has 0 radical (unpaired) electrons. The van der Waals surface area contributed by atoms with Crippen LogP contribution >= 0.6 is 0 Å². The second kappa shape index (κ2) is 8.15. The normalized spacial score (nSPS) is 17.8. The first-order valence-corrected chi connectivity index (χ1v) is 6.69. The van der Waals surface area contributed by atoms with Gasteiger partial charge in [0, 0.05) is 13.1 Å². The van der Waals surface area contributed by atoms with Crippen LogP contribution in [0.3, 0.4) is 0 Å². The molecular weight excluding hydrogens is 182 g/mol. The van der Waals surface area contributed by atoms with Gasteiger partial charge in [0.2, 0.25) is 0 Å². The SMILES string of the molecule is CCCC(C)CN(C)CC(C)C(C)CC. The summed E-state index contributed by atoms with van der Waals surface area (Å²) in [5, 5.41) is 0. The van der Waals surface area contributed by atoms with Gasteiger partial charge in [-0.3, -0.25) is 0 Å². The summed E-state index contributed by atoms with van der Waals surface area (Å²) >= 11 is 0. The molecule has 0 amide bonds. The lowest BCUT2D eigenvalue weighted by molar-refractivity contribution is 0.211. The van der Waals surface area contributed by atoms with E-state index < -0.39 is 0 Å². The van der Waals surface area contributed by atoms with Crippen LogP contribution in [0.15, 0.2) is 0 Å². The summed E-state index contributed by atoms with van der Waals surface area (Å²) < 4.78 is 0. The summed E-state index contributed by atoms with van der Waals surface area (Å²) in [6, 6.07) is 0. The van der Waals surface area contributed by atoms with Crippen LogP contribution in [0.4, 0.5) is 0 Å². The number of hydrogen-bond acceptors (Lipinski definition) is 1. The highest BCUT2D eigenvalue weighted by Crippen LogP contribution is 2.16. The van der Waals surface area contributed by atoms with E-state index in [1.807, 2.05) is 0 Å². The van der Waals surface area contributed by atoms with Crippen molar-refractivity contribution in [2.24, 2.45) is 17.8 Å². The van der Waals surface area contributed by atoms with Crippen LogP contribution in [0.25, 0.3) is 0 Å². The third-order valence-corrected chi connectivity index (χ3v) is 3.62. The summed E-state index contributed by atoms with van der Waals surface area (Å²) in [6.07, 6.45) is 3.98. The zero-order valence-corrected chi connectivity index (χ0v) is 11.7. The molecule has 0 heterocycles. The molecule has 0 aromatic carbocycles. The molecule has 0 aromatic rings. The summed E-state index contributed by atoms with van der Waals surface area (Å²) in [6.45, 7) is 14.2. The zero-order valence-electron chi connectivity index (χ0n) is 11.7. The van der Waals surface area contributed by atoms with Crippen LogP contribution in [0.5, 0.6) is 0 Å². The Balaban J connectivity index is 3.76. The van der Waals surface area contributed by atoms with Gasteiger partial charge in [0.1, 0.15) is 0 Å². The molecule has 0 rings (SSSR count). The van der Waals surface area contributed by atoms with Crippen molar-refractivity contribution < 1.29 is 0 Å². The fourth-order valence-electron chi connectivity index (χ4n) is 2.26. The molecule has 0 spiro atoms. The number of nitrogens with zero attached hydrogens (tertiary/aromatic N) is 1. The smallest absolute Gasteiger partial charge is 0.000662 e. The van der Waals surface area contributed by atoms with Gasteiger partial charge in [-0.15, -0.1) is 0 Å². The lowest BCUT2D eigenvalue weighted by atomic mass is 9.93. The maximum absolute atomic E-state index is 2.51. The molecule has 1 heteroatoms. The molecule has 92 valence electrons. The van der Waals surface area contributed by atoms with Crippen molar-refractivity contribution >= 4 is 0 Å². The highest BCUT2D eigenvalue weighted by molar-refractivity contribution is 4.66. The molecule has 15 heavy (non-hydrogen) atoms. The molecule has 0 aliphatic rings. The molecule has 0 saturated carbocycles. The summed E-state index contributed by atoms with van der Waals surface area (Å²) in [7, 11) is 2.27. The van der Waals surface area contributed by atoms with Crippen molar-refractivity contribution in [1.82, 2.24) is 4.90 Å². The predicted octanol–water partition coefficient (Wildman–Crippen LogP) is 4.04. The van der Waals surface area contributed by atoms with Crippen molar-refractivity contribution in [3.63, 3.8) is 0 Å². The molecule has 0 bridgehead atoms. The van der Waals surface area contributed by atoms with Crippen molar-refractivity contribution in [2.45, 2.75) is 53.9 Å². The van der Waals surface area contributed by atoms with E-state index in [9.17, 15) is 0 Å². The van der Waals surface area contributed by atoms with Crippen LogP contribution in [0.1, 0.15) is 53.9 Å². The van der Waals surface area contributed by atoms with Crippen LogP contribution in [-0.2, 0) is 0 Å². The van der Waals surface area contributed by atoms with Crippen LogP contribution in [0, 0.1) is 17.8 Å². The molecule has 0 aliphatic carbocycles. The molecule has 0 fully saturated rings. The first kappa shape index (κ1) is 15.0. The fraction of sp³-hybridized carbons (Fsp3) is 1.00. The second-order valence-corrected chi connectivity index (χ2v) is 5.48. The van der Waals surface area contributed by atoms with Gasteiger partial charge in [-0.25, -0.2) is 0 Å². The van der Waals surface area contributed by atoms with Gasteiger partial charge in [0.25, 0.3) is 0 Å². The third kappa shape index (κ3) is 6.94. The average Bonchev–Trinajstić information content (AvgIpc) is 2.16. The van der Waals surface area contributed by atoms with E-state index in [-0.39, 0.29) is 0 Å². The molecule has 3 atom stereocenters. The summed E-state index contributed by atoms with van der Waals surface area (Å²) in [5.41, 5.74) is 0. The molecule has 0 saturated heterocycles. The number of hydrogen-bond donors (Lipinski definition) is 0. The molecule has 0 aromatic heterocycles. The first-order valence-electron chi connectivity index (χ1n) is 6.69. The van der Waals surface area contributed by atoms with Gasteiger partial charge in [-0.05, 0) is 31.2 Å². The van der Waals surface area contributed by atoms with E-state index in [0.717, 1.165) is 17.8 Å².